The Labute approximate surface area is 77.4 Å². The van der Waals surface area contributed by atoms with Gasteiger partial charge in [0.2, 0.25) is 12.2 Å². The summed E-state index contributed by atoms with van der Waals surface area (Å²) in [4.78, 5) is 3.91. The zero-order valence-corrected chi connectivity index (χ0v) is 7.77. The molecule has 68 valence electrons. The molecular weight excluding hydrogens is 164 g/mol. The van der Waals surface area contributed by atoms with Gasteiger partial charge < -0.3 is 4.52 Å². The first kappa shape index (κ1) is 9.45. The molecule has 0 aliphatic rings. The minimum atomic E-state index is 0.630. The maximum Gasteiger partial charge on any atom is 0.214 e. The van der Waals surface area contributed by atoms with Crippen molar-refractivity contribution >= 4 is 0 Å². The van der Waals surface area contributed by atoms with Crippen molar-refractivity contribution in [3.8, 4) is 11.4 Å². The van der Waals surface area contributed by atoms with Crippen molar-refractivity contribution in [2.75, 3.05) is 0 Å². The van der Waals surface area contributed by atoms with Gasteiger partial charge in [-0.1, -0.05) is 49.3 Å². The molecule has 13 heavy (non-hydrogen) atoms. The summed E-state index contributed by atoms with van der Waals surface area (Å²) in [5.74, 6) is 0.630. The Kier molecular flexibility index (Phi) is 3.70. The lowest BCUT2D eigenvalue weighted by Gasteiger charge is -1.89. The van der Waals surface area contributed by atoms with Crippen LogP contribution in [-0.4, -0.2) is 10.1 Å². The van der Waals surface area contributed by atoms with E-state index in [4.69, 9.17) is 0 Å². The van der Waals surface area contributed by atoms with Gasteiger partial charge in [0.1, 0.15) is 0 Å². The summed E-state index contributed by atoms with van der Waals surface area (Å²) < 4.78 is 4.61. The highest BCUT2D eigenvalue weighted by Gasteiger charge is 1.98. The van der Waals surface area contributed by atoms with Gasteiger partial charge in [-0.3, -0.25) is 0 Å². The molecule has 0 amide bonds. The van der Waals surface area contributed by atoms with Crippen LogP contribution in [-0.2, 0) is 0 Å². The van der Waals surface area contributed by atoms with Crippen LogP contribution < -0.4 is 0 Å². The third-order valence-electron chi connectivity index (χ3n) is 1.39. The van der Waals surface area contributed by atoms with E-state index in [0.29, 0.717) is 5.82 Å². The summed E-state index contributed by atoms with van der Waals surface area (Å²) in [5.41, 5.74) is 0.973. The highest BCUT2D eigenvalue weighted by molar-refractivity contribution is 5.52. The van der Waals surface area contributed by atoms with Crippen LogP contribution in [0.15, 0.2) is 41.2 Å². The van der Waals surface area contributed by atoms with E-state index in [2.05, 4.69) is 14.7 Å². The van der Waals surface area contributed by atoms with Crippen LogP contribution in [0.1, 0.15) is 13.8 Å². The second kappa shape index (κ2) is 5.09. The molecular formula is C10H12N2O. The first-order chi connectivity index (χ1) is 6.47. The summed E-state index contributed by atoms with van der Waals surface area (Å²) in [7, 11) is 0. The topological polar surface area (TPSA) is 38.9 Å². The lowest BCUT2D eigenvalue weighted by molar-refractivity contribution is 0.419. The average Bonchev–Trinajstić information content (AvgIpc) is 2.75. The number of nitrogens with zero attached hydrogens (tertiary/aromatic N) is 2. The minimum Gasteiger partial charge on any atom is -0.342 e. The van der Waals surface area contributed by atoms with Crippen LogP contribution in [0.3, 0.4) is 0 Å². The molecule has 0 unspecified atom stereocenters. The number of rotatable bonds is 1. The Morgan fingerprint density at radius 2 is 1.77 bits per heavy atom. The lowest BCUT2D eigenvalue weighted by Crippen LogP contribution is -1.77. The zero-order chi connectivity index (χ0) is 9.52. The van der Waals surface area contributed by atoms with Crippen molar-refractivity contribution in [3.05, 3.63) is 36.7 Å². The Morgan fingerprint density at radius 3 is 2.31 bits per heavy atom. The fourth-order valence-electron chi connectivity index (χ4n) is 0.885. The molecule has 0 saturated heterocycles. The van der Waals surface area contributed by atoms with Crippen molar-refractivity contribution in [1.82, 2.24) is 10.1 Å². The third kappa shape index (κ3) is 2.40. The average molecular weight is 176 g/mol. The fourth-order valence-corrected chi connectivity index (χ4v) is 0.885. The molecule has 0 spiro atoms. The van der Waals surface area contributed by atoms with Gasteiger partial charge in [-0.15, -0.1) is 0 Å². The largest absolute Gasteiger partial charge is 0.342 e. The molecule has 0 atom stereocenters. The molecule has 2 rings (SSSR count). The van der Waals surface area contributed by atoms with Crippen molar-refractivity contribution in [2.45, 2.75) is 13.8 Å². The van der Waals surface area contributed by atoms with Crippen molar-refractivity contribution < 1.29 is 4.52 Å². The predicted molar refractivity (Wildman–Crippen MR) is 51.1 cm³/mol. The lowest BCUT2D eigenvalue weighted by atomic mass is 10.2. The predicted octanol–water partition coefficient (Wildman–Crippen LogP) is 2.76. The molecule has 0 radical (unpaired) electrons. The van der Waals surface area contributed by atoms with Gasteiger partial charge >= 0.3 is 0 Å². The highest BCUT2D eigenvalue weighted by atomic mass is 16.5. The number of hydrogen-bond acceptors (Lipinski definition) is 3. The van der Waals surface area contributed by atoms with Gasteiger partial charge in [0.25, 0.3) is 0 Å². The first-order valence-electron chi connectivity index (χ1n) is 4.28. The summed E-state index contributed by atoms with van der Waals surface area (Å²) in [6, 6.07) is 9.69. The molecule has 0 fully saturated rings. The second-order valence-corrected chi connectivity index (χ2v) is 2.12. The molecule has 1 aromatic carbocycles. The molecule has 0 aliphatic carbocycles. The summed E-state index contributed by atoms with van der Waals surface area (Å²) in [5, 5.41) is 3.70. The van der Waals surface area contributed by atoms with Gasteiger partial charge in [0, 0.05) is 5.56 Å². The number of hydrogen-bond donors (Lipinski definition) is 0. The molecule has 1 heterocycles. The standard InChI is InChI=1S/C8H6N2O.C2H6/c1-2-4-7(5-3-1)8-9-6-11-10-8;1-2/h1-6H;1-2H3. The van der Waals surface area contributed by atoms with Gasteiger partial charge in [-0.25, -0.2) is 0 Å². The maximum absolute atomic E-state index is 4.61. The van der Waals surface area contributed by atoms with Crippen LogP contribution >= 0.6 is 0 Å². The fraction of sp³-hybridized carbons (Fsp3) is 0.200. The van der Waals surface area contributed by atoms with E-state index in [1.165, 1.54) is 6.39 Å². The first-order valence-corrected chi connectivity index (χ1v) is 4.28. The van der Waals surface area contributed by atoms with E-state index >= 15 is 0 Å². The van der Waals surface area contributed by atoms with Gasteiger partial charge in [0.05, 0.1) is 0 Å². The van der Waals surface area contributed by atoms with Crippen LogP contribution in [0.25, 0.3) is 11.4 Å². The van der Waals surface area contributed by atoms with Gasteiger partial charge in [-0.2, -0.15) is 4.98 Å². The quantitative estimate of drug-likeness (QED) is 0.670. The SMILES string of the molecule is CC.c1ccc(-c2ncon2)cc1. The van der Waals surface area contributed by atoms with Crippen molar-refractivity contribution in [3.63, 3.8) is 0 Å². The van der Waals surface area contributed by atoms with E-state index in [9.17, 15) is 0 Å². The third-order valence-corrected chi connectivity index (χ3v) is 1.39. The molecule has 0 bridgehead atoms. The Hall–Kier alpha value is -1.64. The van der Waals surface area contributed by atoms with Gasteiger partial charge in [0.15, 0.2) is 0 Å². The van der Waals surface area contributed by atoms with Gasteiger partial charge in [-0.05, 0) is 0 Å². The Morgan fingerprint density at radius 1 is 1.08 bits per heavy atom. The van der Waals surface area contributed by atoms with E-state index < -0.39 is 0 Å². The van der Waals surface area contributed by atoms with Crippen LogP contribution in [0.4, 0.5) is 0 Å². The van der Waals surface area contributed by atoms with E-state index in [-0.39, 0.29) is 0 Å². The van der Waals surface area contributed by atoms with Crippen LogP contribution in [0, 0.1) is 0 Å². The number of benzene rings is 1. The molecule has 0 N–H and O–H groups in total. The maximum atomic E-state index is 4.61. The normalized spacial score (nSPS) is 8.77. The smallest absolute Gasteiger partial charge is 0.214 e. The van der Waals surface area contributed by atoms with Crippen LogP contribution in [0.5, 0.6) is 0 Å². The molecule has 1 aromatic heterocycles. The van der Waals surface area contributed by atoms with E-state index in [1.54, 1.807) is 0 Å². The molecule has 3 heteroatoms. The molecule has 0 aliphatic heterocycles. The molecule has 0 saturated carbocycles. The molecule has 3 nitrogen and oxygen atoms in total. The zero-order valence-electron chi connectivity index (χ0n) is 7.77. The van der Waals surface area contributed by atoms with E-state index in [0.717, 1.165) is 5.56 Å². The number of aromatic nitrogens is 2. The monoisotopic (exact) mass is 176 g/mol. The minimum absolute atomic E-state index is 0.630. The summed E-state index contributed by atoms with van der Waals surface area (Å²) in [6.07, 6.45) is 1.32. The Balaban J connectivity index is 0.000000396. The summed E-state index contributed by atoms with van der Waals surface area (Å²) in [6.45, 7) is 4.00. The van der Waals surface area contributed by atoms with Crippen LogP contribution in [0.2, 0.25) is 0 Å². The highest BCUT2D eigenvalue weighted by Crippen LogP contribution is 2.11. The molecule has 2 aromatic rings. The summed E-state index contributed by atoms with van der Waals surface area (Å²) >= 11 is 0. The Bertz CT molecular complexity index is 316. The second-order valence-electron chi connectivity index (χ2n) is 2.12. The van der Waals surface area contributed by atoms with E-state index in [1.807, 2.05) is 44.2 Å². The van der Waals surface area contributed by atoms with Crippen molar-refractivity contribution in [1.29, 1.82) is 0 Å². The van der Waals surface area contributed by atoms with Crippen molar-refractivity contribution in [2.24, 2.45) is 0 Å².